The number of hydrogen-bond donors (Lipinski definition) is 2. The highest BCUT2D eigenvalue weighted by molar-refractivity contribution is 6.30. The van der Waals surface area contributed by atoms with E-state index in [1.165, 1.54) is 30.5 Å². The second-order valence-corrected chi connectivity index (χ2v) is 6.53. The van der Waals surface area contributed by atoms with E-state index in [9.17, 15) is 18.0 Å². The van der Waals surface area contributed by atoms with E-state index >= 15 is 0 Å². The van der Waals surface area contributed by atoms with Crippen LogP contribution in [0.25, 0.3) is 0 Å². The average Bonchev–Trinajstić information content (AvgIpc) is 3.14. The predicted molar refractivity (Wildman–Crippen MR) is 95.3 cm³/mol. The Labute approximate surface area is 158 Å². The number of hydrogen-bond acceptors (Lipinski definition) is 4. The van der Waals surface area contributed by atoms with Gasteiger partial charge in [0.2, 0.25) is 0 Å². The summed E-state index contributed by atoms with van der Waals surface area (Å²) in [4.78, 5) is 16.1. The van der Waals surface area contributed by atoms with Crippen molar-refractivity contribution in [3.63, 3.8) is 0 Å². The SMILES string of the molecule is O=C(NCC1CCCO1)c1ccc(Nc2ccc(Cl)cc2C(F)(F)F)cn1. The fourth-order valence-electron chi connectivity index (χ4n) is 2.72. The Hall–Kier alpha value is -2.32. The van der Waals surface area contributed by atoms with Crippen molar-refractivity contribution in [2.75, 3.05) is 18.5 Å². The predicted octanol–water partition coefficient (Wildman–Crippen LogP) is 4.41. The van der Waals surface area contributed by atoms with Crippen molar-refractivity contribution < 1.29 is 22.7 Å². The number of halogens is 4. The first-order valence-corrected chi connectivity index (χ1v) is 8.70. The van der Waals surface area contributed by atoms with Gasteiger partial charge in [0.1, 0.15) is 5.69 Å². The smallest absolute Gasteiger partial charge is 0.376 e. The van der Waals surface area contributed by atoms with Gasteiger partial charge in [0.25, 0.3) is 5.91 Å². The topological polar surface area (TPSA) is 63.2 Å². The summed E-state index contributed by atoms with van der Waals surface area (Å²) in [6.45, 7) is 1.10. The number of rotatable bonds is 5. The number of nitrogens with zero attached hydrogens (tertiary/aromatic N) is 1. The monoisotopic (exact) mass is 399 g/mol. The van der Waals surface area contributed by atoms with Gasteiger partial charge in [-0.3, -0.25) is 4.79 Å². The molecule has 1 aliphatic heterocycles. The zero-order valence-corrected chi connectivity index (χ0v) is 14.9. The molecule has 2 aromatic rings. The largest absolute Gasteiger partial charge is 0.418 e. The molecular weight excluding hydrogens is 383 g/mol. The molecule has 1 aromatic heterocycles. The zero-order valence-electron chi connectivity index (χ0n) is 14.1. The number of aromatic nitrogens is 1. The molecule has 5 nitrogen and oxygen atoms in total. The Bertz CT molecular complexity index is 806. The molecule has 0 radical (unpaired) electrons. The Morgan fingerprint density at radius 1 is 1.30 bits per heavy atom. The number of amides is 1. The summed E-state index contributed by atoms with van der Waals surface area (Å²) in [6.07, 6.45) is -1.36. The normalized spacial score (nSPS) is 17.0. The van der Waals surface area contributed by atoms with Crippen molar-refractivity contribution in [1.29, 1.82) is 0 Å². The summed E-state index contributed by atoms with van der Waals surface area (Å²) in [5.41, 5.74) is -0.540. The van der Waals surface area contributed by atoms with Gasteiger partial charge in [-0.05, 0) is 43.2 Å². The van der Waals surface area contributed by atoms with Gasteiger partial charge in [-0.15, -0.1) is 0 Å². The summed E-state index contributed by atoms with van der Waals surface area (Å²) in [5.74, 6) is -0.362. The molecule has 144 valence electrons. The Balaban J connectivity index is 1.66. The molecule has 0 spiro atoms. The van der Waals surface area contributed by atoms with Crippen LogP contribution in [0.5, 0.6) is 0 Å². The molecule has 9 heteroatoms. The minimum atomic E-state index is -4.55. The lowest BCUT2D eigenvalue weighted by molar-refractivity contribution is -0.136. The maximum Gasteiger partial charge on any atom is 0.418 e. The highest BCUT2D eigenvalue weighted by atomic mass is 35.5. The molecule has 1 saturated heterocycles. The summed E-state index contributed by atoms with van der Waals surface area (Å²) in [6, 6.07) is 6.39. The van der Waals surface area contributed by atoms with E-state index in [0.717, 1.165) is 18.9 Å². The standard InChI is InChI=1S/C18H17ClF3N3O2/c19-11-3-5-15(14(8-11)18(20,21)22)25-12-4-6-16(23-9-12)17(26)24-10-13-2-1-7-27-13/h3-6,8-9,13,25H,1-2,7,10H2,(H,24,26). The van der Waals surface area contributed by atoms with Crippen LogP contribution >= 0.6 is 11.6 Å². The molecular formula is C18H17ClF3N3O2. The first-order chi connectivity index (χ1) is 12.8. The van der Waals surface area contributed by atoms with Crippen LogP contribution in [0.2, 0.25) is 5.02 Å². The van der Waals surface area contributed by atoms with Gasteiger partial charge in [0, 0.05) is 18.2 Å². The summed E-state index contributed by atoms with van der Waals surface area (Å²) >= 11 is 5.66. The second kappa shape index (κ2) is 8.14. The first kappa shape index (κ1) is 19.4. The molecule has 1 amide bonds. The summed E-state index contributed by atoms with van der Waals surface area (Å²) in [5, 5.41) is 5.38. The fraction of sp³-hybridized carbons (Fsp3) is 0.333. The molecule has 1 aliphatic rings. The molecule has 1 atom stereocenters. The third-order valence-electron chi connectivity index (χ3n) is 4.08. The van der Waals surface area contributed by atoms with Gasteiger partial charge >= 0.3 is 6.18 Å². The molecule has 2 heterocycles. The molecule has 2 N–H and O–H groups in total. The van der Waals surface area contributed by atoms with E-state index in [0.29, 0.717) is 18.8 Å². The number of pyridine rings is 1. The molecule has 1 aromatic carbocycles. The third kappa shape index (κ3) is 5.11. The van der Waals surface area contributed by atoms with Gasteiger partial charge in [-0.1, -0.05) is 11.6 Å². The van der Waals surface area contributed by atoms with Crippen molar-refractivity contribution >= 4 is 28.9 Å². The number of anilines is 2. The van der Waals surface area contributed by atoms with Crippen molar-refractivity contribution in [2.24, 2.45) is 0 Å². The number of carbonyl (C=O) groups is 1. The van der Waals surface area contributed by atoms with E-state index < -0.39 is 11.7 Å². The molecule has 3 rings (SSSR count). The van der Waals surface area contributed by atoms with Crippen LogP contribution in [0, 0.1) is 0 Å². The van der Waals surface area contributed by atoms with Crippen LogP contribution in [0.15, 0.2) is 36.5 Å². The van der Waals surface area contributed by atoms with Crippen LogP contribution in [-0.2, 0) is 10.9 Å². The quantitative estimate of drug-likeness (QED) is 0.782. The zero-order chi connectivity index (χ0) is 19.4. The lowest BCUT2D eigenvalue weighted by Gasteiger charge is -2.15. The molecule has 0 saturated carbocycles. The van der Waals surface area contributed by atoms with E-state index in [-0.39, 0.29) is 28.4 Å². The second-order valence-electron chi connectivity index (χ2n) is 6.09. The van der Waals surface area contributed by atoms with Crippen LogP contribution in [-0.4, -0.2) is 30.1 Å². The molecule has 0 aliphatic carbocycles. The molecule has 1 fully saturated rings. The third-order valence-corrected chi connectivity index (χ3v) is 4.31. The van der Waals surface area contributed by atoms with Gasteiger partial charge in [-0.2, -0.15) is 13.2 Å². The number of nitrogens with one attached hydrogen (secondary N) is 2. The van der Waals surface area contributed by atoms with E-state index in [1.54, 1.807) is 0 Å². The van der Waals surface area contributed by atoms with Crippen LogP contribution in [0.3, 0.4) is 0 Å². The van der Waals surface area contributed by atoms with Gasteiger partial charge in [0.15, 0.2) is 0 Å². The lowest BCUT2D eigenvalue weighted by Crippen LogP contribution is -2.32. The van der Waals surface area contributed by atoms with Gasteiger partial charge in [0.05, 0.1) is 29.2 Å². The van der Waals surface area contributed by atoms with Crippen molar-refractivity contribution in [2.45, 2.75) is 25.1 Å². The van der Waals surface area contributed by atoms with Crippen molar-refractivity contribution in [3.8, 4) is 0 Å². The fourth-order valence-corrected chi connectivity index (χ4v) is 2.89. The van der Waals surface area contributed by atoms with Crippen LogP contribution in [0.1, 0.15) is 28.9 Å². The lowest BCUT2D eigenvalue weighted by atomic mass is 10.1. The first-order valence-electron chi connectivity index (χ1n) is 8.32. The summed E-state index contributed by atoms with van der Waals surface area (Å²) in [7, 11) is 0. The number of ether oxygens (including phenoxy) is 1. The summed E-state index contributed by atoms with van der Waals surface area (Å²) < 4.78 is 44.8. The Morgan fingerprint density at radius 2 is 2.11 bits per heavy atom. The van der Waals surface area contributed by atoms with Crippen LogP contribution in [0.4, 0.5) is 24.5 Å². The van der Waals surface area contributed by atoms with E-state index in [2.05, 4.69) is 15.6 Å². The molecule has 0 bridgehead atoms. The van der Waals surface area contributed by atoms with Crippen molar-refractivity contribution in [1.82, 2.24) is 10.3 Å². The van der Waals surface area contributed by atoms with Gasteiger partial charge in [-0.25, -0.2) is 4.98 Å². The minimum Gasteiger partial charge on any atom is -0.376 e. The minimum absolute atomic E-state index is 0.00994. The number of carbonyl (C=O) groups excluding carboxylic acids is 1. The maximum absolute atomic E-state index is 13.1. The molecule has 27 heavy (non-hydrogen) atoms. The van der Waals surface area contributed by atoms with E-state index in [1.807, 2.05) is 0 Å². The van der Waals surface area contributed by atoms with Crippen molar-refractivity contribution in [3.05, 3.63) is 52.8 Å². The van der Waals surface area contributed by atoms with Gasteiger partial charge < -0.3 is 15.4 Å². The van der Waals surface area contributed by atoms with Crippen LogP contribution < -0.4 is 10.6 Å². The highest BCUT2D eigenvalue weighted by Gasteiger charge is 2.33. The average molecular weight is 400 g/mol. The Morgan fingerprint density at radius 3 is 2.74 bits per heavy atom. The van der Waals surface area contributed by atoms with E-state index in [4.69, 9.17) is 16.3 Å². The Kier molecular flexibility index (Phi) is 5.86. The molecule has 1 unspecified atom stereocenters. The maximum atomic E-state index is 13.1. The highest BCUT2D eigenvalue weighted by Crippen LogP contribution is 2.37. The number of alkyl halides is 3. The number of benzene rings is 1.